The van der Waals surface area contributed by atoms with Crippen LogP contribution in [0.2, 0.25) is 5.02 Å². The molecule has 0 saturated heterocycles. The van der Waals surface area contributed by atoms with Crippen LogP contribution in [0, 0.1) is 18.2 Å². The molecule has 2 bridgehead atoms. The minimum absolute atomic E-state index is 0.00144. The summed E-state index contributed by atoms with van der Waals surface area (Å²) in [5.74, 6) is -0.431. The molecule has 2 aromatic rings. The number of aromatic nitrogens is 2. The summed E-state index contributed by atoms with van der Waals surface area (Å²) in [6, 6.07) is 4.03. The molecule has 0 unspecified atom stereocenters. The normalized spacial score (nSPS) is 24.7. The molecular weight excluding hydrogens is 385 g/mol. The lowest BCUT2D eigenvalue weighted by atomic mass is 9.38. The molecule has 3 aliphatic carbocycles. The molecule has 0 aliphatic heterocycles. The Morgan fingerprint density at radius 3 is 2.57 bits per heavy atom. The molecule has 1 aromatic carbocycles. The number of hydrogen-bond donors (Lipinski definition) is 1. The Morgan fingerprint density at radius 2 is 1.93 bits per heavy atom. The maximum atomic E-state index is 13.4. The van der Waals surface area contributed by atoms with Gasteiger partial charge in [0.05, 0.1) is 5.02 Å². The highest BCUT2D eigenvalue weighted by molar-refractivity contribution is 6.30. The van der Waals surface area contributed by atoms with Crippen LogP contribution in [-0.4, -0.2) is 33.8 Å². The van der Waals surface area contributed by atoms with Gasteiger partial charge >= 0.3 is 0 Å². The van der Waals surface area contributed by atoms with E-state index in [9.17, 15) is 14.0 Å². The monoisotopic (exact) mass is 403 g/mol. The predicted molar refractivity (Wildman–Crippen MR) is 99.8 cm³/mol. The fourth-order valence-electron chi connectivity index (χ4n) is 4.32. The maximum Gasteiger partial charge on any atom is 0.258 e. The Morgan fingerprint density at radius 1 is 1.25 bits per heavy atom. The van der Waals surface area contributed by atoms with Crippen molar-refractivity contribution in [3.05, 3.63) is 52.8 Å². The molecule has 146 valence electrons. The van der Waals surface area contributed by atoms with E-state index in [0.29, 0.717) is 6.42 Å². The van der Waals surface area contributed by atoms with Crippen molar-refractivity contribution in [1.82, 2.24) is 15.3 Å². The van der Waals surface area contributed by atoms with Crippen LogP contribution in [-0.2, 0) is 4.79 Å². The van der Waals surface area contributed by atoms with E-state index in [1.165, 1.54) is 12.1 Å². The molecule has 6 nitrogen and oxygen atoms in total. The molecule has 8 heteroatoms. The highest BCUT2D eigenvalue weighted by Crippen LogP contribution is 2.69. The van der Waals surface area contributed by atoms with Crippen molar-refractivity contribution in [2.24, 2.45) is 5.41 Å². The van der Waals surface area contributed by atoms with Gasteiger partial charge in [-0.25, -0.2) is 14.4 Å². The largest absolute Gasteiger partial charge is 0.484 e. The maximum absolute atomic E-state index is 13.4. The van der Waals surface area contributed by atoms with Crippen LogP contribution in [0.5, 0.6) is 5.75 Å². The zero-order valence-corrected chi connectivity index (χ0v) is 16.1. The van der Waals surface area contributed by atoms with Crippen LogP contribution < -0.4 is 10.1 Å². The number of aryl methyl sites for hydroxylation is 1. The molecule has 3 aliphatic rings. The van der Waals surface area contributed by atoms with Gasteiger partial charge in [0.15, 0.2) is 12.4 Å². The van der Waals surface area contributed by atoms with E-state index in [2.05, 4.69) is 15.3 Å². The van der Waals surface area contributed by atoms with Crippen molar-refractivity contribution >= 4 is 23.3 Å². The third-order valence-electron chi connectivity index (χ3n) is 5.37. The van der Waals surface area contributed by atoms with E-state index in [-0.39, 0.29) is 45.8 Å². The number of ether oxygens (including phenoxy) is 1. The molecule has 1 amide bonds. The van der Waals surface area contributed by atoms with E-state index in [4.69, 9.17) is 16.3 Å². The van der Waals surface area contributed by atoms with Gasteiger partial charge in [-0.15, -0.1) is 0 Å². The lowest BCUT2D eigenvalue weighted by molar-refractivity contribution is -0.164. The minimum atomic E-state index is -0.594. The number of carbonyl (C=O) groups is 2. The zero-order chi connectivity index (χ0) is 19.9. The number of carbonyl (C=O) groups excluding carboxylic acids is 2. The van der Waals surface area contributed by atoms with Crippen LogP contribution in [0.25, 0.3) is 0 Å². The summed E-state index contributed by atoms with van der Waals surface area (Å²) in [4.78, 5) is 32.7. The topological polar surface area (TPSA) is 81.2 Å². The zero-order valence-electron chi connectivity index (χ0n) is 15.3. The van der Waals surface area contributed by atoms with Crippen molar-refractivity contribution in [2.75, 3.05) is 6.61 Å². The fourth-order valence-corrected chi connectivity index (χ4v) is 4.44. The molecule has 1 heterocycles. The van der Waals surface area contributed by atoms with Crippen molar-refractivity contribution in [3.63, 3.8) is 0 Å². The SMILES string of the molecule is Cc1cnc(C(=O)CC23CC(NC(=O)COc4ccc(Cl)c(F)c4)(C2)C3)nc1. The Balaban J connectivity index is 1.24. The van der Waals surface area contributed by atoms with Crippen LogP contribution in [0.3, 0.4) is 0 Å². The number of hydrogen-bond acceptors (Lipinski definition) is 5. The smallest absolute Gasteiger partial charge is 0.258 e. The summed E-state index contributed by atoms with van der Waals surface area (Å²) in [5, 5.41) is 2.98. The third-order valence-corrected chi connectivity index (χ3v) is 5.68. The summed E-state index contributed by atoms with van der Waals surface area (Å²) in [7, 11) is 0. The van der Waals surface area contributed by atoms with Crippen LogP contribution in [0.4, 0.5) is 4.39 Å². The van der Waals surface area contributed by atoms with Gasteiger partial charge in [-0.3, -0.25) is 9.59 Å². The van der Waals surface area contributed by atoms with Crippen LogP contribution >= 0.6 is 11.6 Å². The summed E-state index contributed by atoms with van der Waals surface area (Å²) in [6.45, 7) is 1.67. The Bertz CT molecular complexity index is 928. The van der Waals surface area contributed by atoms with Crippen molar-refractivity contribution in [3.8, 4) is 5.75 Å². The second kappa shape index (κ2) is 6.81. The minimum Gasteiger partial charge on any atom is -0.484 e. The number of benzene rings is 1. The Hall–Kier alpha value is -2.54. The highest BCUT2D eigenvalue weighted by Gasteiger charge is 2.68. The summed E-state index contributed by atoms with van der Waals surface area (Å²) in [5.41, 5.74) is 0.603. The second-order valence-corrected chi connectivity index (χ2v) is 8.31. The highest BCUT2D eigenvalue weighted by atomic mass is 35.5. The van der Waals surface area contributed by atoms with Crippen molar-refractivity contribution in [2.45, 2.75) is 38.1 Å². The van der Waals surface area contributed by atoms with Gasteiger partial charge in [-0.05, 0) is 49.3 Å². The van der Waals surface area contributed by atoms with Gasteiger partial charge in [0.25, 0.3) is 5.91 Å². The molecule has 5 rings (SSSR count). The fraction of sp³-hybridized carbons (Fsp3) is 0.400. The molecule has 3 fully saturated rings. The number of nitrogens with one attached hydrogen (secondary N) is 1. The molecule has 28 heavy (non-hydrogen) atoms. The predicted octanol–water partition coefficient (Wildman–Crippen LogP) is 3.27. The van der Waals surface area contributed by atoms with Crippen molar-refractivity contribution < 1.29 is 18.7 Å². The van der Waals surface area contributed by atoms with E-state index >= 15 is 0 Å². The van der Waals surface area contributed by atoms with E-state index < -0.39 is 5.82 Å². The molecule has 0 radical (unpaired) electrons. The molecule has 0 atom stereocenters. The Labute approximate surface area is 166 Å². The third kappa shape index (κ3) is 3.58. The molecular formula is C20H19ClFN3O3. The lowest BCUT2D eigenvalue weighted by Gasteiger charge is -2.70. The number of ketones is 1. The van der Waals surface area contributed by atoms with Crippen LogP contribution in [0.15, 0.2) is 30.6 Å². The van der Waals surface area contributed by atoms with Gasteiger partial charge in [-0.1, -0.05) is 11.6 Å². The summed E-state index contributed by atoms with van der Waals surface area (Å²) >= 11 is 5.62. The van der Waals surface area contributed by atoms with E-state index in [0.717, 1.165) is 30.9 Å². The van der Waals surface area contributed by atoms with Crippen LogP contribution in [0.1, 0.15) is 41.9 Å². The van der Waals surface area contributed by atoms with Gasteiger partial charge < -0.3 is 10.1 Å². The lowest BCUT2D eigenvalue weighted by Crippen LogP contribution is -2.75. The molecule has 1 aromatic heterocycles. The second-order valence-electron chi connectivity index (χ2n) is 7.91. The first-order valence-electron chi connectivity index (χ1n) is 8.99. The van der Waals surface area contributed by atoms with Gasteiger partial charge in [0.2, 0.25) is 5.78 Å². The molecule has 1 N–H and O–H groups in total. The summed E-state index contributed by atoms with van der Waals surface area (Å²) < 4.78 is 18.7. The average Bonchev–Trinajstić information content (AvgIpc) is 2.60. The number of Topliss-reactive ketones (excluding diaryl/α,β-unsaturated/α-hetero) is 1. The summed E-state index contributed by atoms with van der Waals surface area (Å²) in [6.07, 6.45) is 5.96. The van der Waals surface area contributed by atoms with Gasteiger partial charge in [0, 0.05) is 30.4 Å². The van der Waals surface area contributed by atoms with Gasteiger partial charge in [0.1, 0.15) is 11.6 Å². The number of halogens is 2. The molecule has 3 saturated carbocycles. The number of nitrogens with zero attached hydrogens (tertiary/aromatic N) is 2. The number of rotatable bonds is 7. The van der Waals surface area contributed by atoms with Crippen molar-refractivity contribution in [1.29, 1.82) is 0 Å². The quantitative estimate of drug-likeness (QED) is 0.717. The first-order chi connectivity index (χ1) is 13.3. The first-order valence-corrected chi connectivity index (χ1v) is 9.37. The average molecular weight is 404 g/mol. The van der Waals surface area contributed by atoms with Gasteiger partial charge in [-0.2, -0.15) is 0 Å². The number of amides is 1. The standard InChI is InChI=1S/C20H19ClFN3O3/c1-12-6-23-18(24-7-12)16(26)5-19-9-20(10-19,11-19)25-17(27)8-28-13-2-3-14(21)15(22)4-13/h2-4,6-7H,5,8-11H2,1H3,(H,25,27). The first kappa shape index (κ1) is 18.8. The Kier molecular flexibility index (Phi) is 4.57. The molecule has 0 spiro atoms. The van der Waals surface area contributed by atoms with E-state index in [1.807, 2.05) is 6.92 Å². The van der Waals surface area contributed by atoms with E-state index in [1.54, 1.807) is 12.4 Å².